The summed E-state index contributed by atoms with van der Waals surface area (Å²) in [6.07, 6.45) is -4.72. The van der Waals surface area contributed by atoms with Crippen molar-refractivity contribution < 1.29 is 42.3 Å². The third-order valence-electron chi connectivity index (χ3n) is 6.81. The maximum absolute atomic E-state index is 13.0. The summed E-state index contributed by atoms with van der Waals surface area (Å²) in [5.41, 5.74) is 0.275. The summed E-state index contributed by atoms with van der Waals surface area (Å²) in [7, 11) is 0. The summed E-state index contributed by atoms with van der Waals surface area (Å²) >= 11 is 0. The van der Waals surface area contributed by atoms with Gasteiger partial charge in [0.2, 0.25) is 23.5 Å². The standard InChI is InChI=1S/C30H34F3N7O6/c1-17(2)26(36-24(42)14-9-19-7-5-4-6-8-19)29(46)34-18(3)28(45)35-22(15-25(43)44)23(41)16-40-38-27(37-39-40)20-10-12-21(13-11-20)30(31,32)33/h4-8,10-13,17-18,22,26H,9,14-16H2,1-3H3,(H,34,46)(H,35,45)(H,36,42)(H,43,44)/t18-,22?,26-/m0/s1. The van der Waals surface area contributed by atoms with Gasteiger partial charge in [-0.25, -0.2) is 0 Å². The van der Waals surface area contributed by atoms with E-state index in [1.54, 1.807) is 13.8 Å². The van der Waals surface area contributed by atoms with Crippen molar-refractivity contribution in [2.75, 3.05) is 0 Å². The van der Waals surface area contributed by atoms with Crippen molar-refractivity contribution in [3.63, 3.8) is 0 Å². The molecule has 246 valence electrons. The van der Waals surface area contributed by atoms with Crippen LogP contribution in [0, 0.1) is 5.92 Å². The van der Waals surface area contributed by atoms with Crippen LogP contribution in [0.2, 0.25) is 0 Å². The Balaban J connectivity index is 1.59. The molecule has 1 unspecified atom stereocenters. The van der Waals surface area contributed by atoms with Crippen LogP contribution in [0.4, 0.5) is 13.2 Å². The minimum atomic E-state index is -4.53. The number of hydrogen-bond donors (Lipinski definition) is 4. The van der Waals surface area contributed by atoms with E-state index >= 15 is 0 Å². The fraction of sp³-hybridized carbons (Fsp3) is 0.400. The molecule has 3 aromatic rings. The monoisotopic (exact) mass is 645 g/mol. The Morgan fingerprint density at radius 3 is 2.13 bits per heavy atom. The van der Waals surface area contributed by atoms with E-state index in [2.05, 4.69) is 31.4 Å². The average Bonchev–Trinajstić information content (AvgIpc) is 3.46. The summed E-state index contributed by atoms with van der Waals surface area (Å²) in [6, 6.07) is 9.55. The van der Waals surface area contributed by atoms with Crippen LogP contribution in [0.3, 0.4) is 0 Å². The average molecular weight is 646 g/mol. The number of tetrazole rings is 1. The van der Waals surface area contributed by atoms with Gasteiger partial charge in [-0.2, -0.15) is 18.0 Å². The van der Waals surface area contributed by atoms with Crippen molar-refractivity contribution in [3.05, 3.63) is 65.7 Å². The molecule has 2 aromatic carbocycles. The number of halogens is 3. The zero-order valence-electron chi connectivity index (χ0n) is 25.2. The van der Waals surface area contributed by atoms with E-state index in [1.165, 1.54) is 6.92 Å². The lowest BCUT2D eigenvalue weighted by molar-refractivity contribution is -0.141. The van der Waals surface area contributed by atoms with E-state index < -0.39 is 66.4 Å². The first kappa shape index (κ1) is 35.3. The van der Waals surface area contributed by atoms with Crippen LogP contribution in [-0.2, 0) is 43.1 Å². The number of carboxylic acids is 1. The van der Waals surface area contributed by atoms with Crippen LogP contribution >= 0.6 is 0 Å². The van der Waals surface area contributed by atoms with Gasteiger partial charge < -0.3 is 21.1 Å². The van der Waals surface area contributed by atoms with Crippen LogP contribution in [0.25, 0.3) is 11.4 Å². The Morgan fingerprint density at radius 1 is 0.891 bits per heavy atom. The topological polar surface area (TPSA) is 185 Å². The van der Waals surface area contributed by atoms with Crippen LogP contribution < -0.4 is 16.0 Å². The highest BCUT2D eigenvalue weighted by Gasteiger charge is 2.31. The molecule has 1 heterocycles. The molecule has 0 saturated carbocycles. The molecule has 3 atom stereocenters. The second-order valence-corrected chi connectivity index (χ2v) is 10.8. The molecule has 0 aliphatic heterocycles. The quantitative estimate of drug-likeness (QED) is 0.192. The van der Waals surface area contributed by atoms with Crippen LogP contribution in [-0.4, -0.2) is 72.9 Å². The Kier molecular flexibility index (Phi) is 12.1. The number of carboxylic acid groups (broad SMARTS) is 1. The van der Waals surface area contributed by atoms with E-state index in [4.69, 9.17) is 0 Å². The molecule has 16 heteroatoms. The predicted octanol–water partition coefficient (Wildman–Crippen LogP) is 2.17. The smallest absolute Gasteiger partial charge is 0.416 e. The first-order valence-corrected chi connectivity index (χ1v) is 14.3. The first-order valence-electron chi connectivity index (χ1n) is 14.3. The van der Waals surface area contributed by atoms with Crippen LogP contribution in [0.5, 0.6) is 0 Å². The van der Waals surface area contributed by atoms with Crippen LogP contribution in [0.15, 0.2) is 54.6 Å². The molecule has 0 fully saturated rings. The number of amides is 3. The Labute approximate surface area is 261 Å². The lowest BCUT2D eigenvalue weighted by atomic mass is 10.0. The normalized spacial score (nSPS) is 13.4. The molecule has 46 heavy (non-hydrogen) atoms. The maximum Gasteiger partial charge on any atom is 0.416 e. The number of rotatable bonds is 15. The van der Waals surface area contributed by atoms with Gasteiger partial charge >= 0.3 is 12.1 Å². The van der Waals surface area contributed by atoms with Crippen molar-refractivity contribution in [1.82, 2.24) is 36.2 Å². The molecule has 0 radical (unpaired) electrons. The highest BCUT2D eigenvalue weighted by Crippen LogP contribution is 2.30. The Hall–Kier alpha value is -5.15. The molecule has 0 bridgehead atoms. The molecule has 0 spiro atoms. The highest BCUT2D eigenvalue weighted by molar-refractivity contribution is 5.95. The van der Waals surface area contributed by atoms with E-state index in [0.29, 0.717) is 6.42 Å². The number of aliphatic carboxylic acids is 1. The van der Waals surface area contributed by atoms with Gasteiger partial charge in [0.05, 0.1) is 12.0 Å². The number of nitrogens with one attached hydrogen (secondary N) is 3. The number of Topliss-reactive ketones (excluding diaryl/α,β-unsaturated/α-hetero) is 1. The van der Waals surface area contributed by atoms with E-state index in [9.17, 15) is 42.3 Å². The van der Waals surface area contributed by atoms with E-state index in [1.807, 2.05) is 30.3 Å². The van der Waals surface area contributed by atoms with Crippen molar-refractivity contribution in [3.8, 4) is 11.4 Å². The van der Waals surface area contributed by atoms with E-state index in [-0.39, 0.29) is 29.6 Å². The summed E-state index contributed by atoms with van der Waals surface area (Å²) in [5, 5.41) is 28.2. The number of hydrogen-bond acceptors (Lipinski definition) is 8. The minimum Gasteiger partial charge on any atom is -0.481 e. The third-order valence-corrected chi connectivity index (χ3v) is 6.81. The number of aromatic nitrogens is 4. The molecule has 3 rings (SSSR count). The van der Waals surface area contributed by atoms with E-state index in [0.717, 1.165) is 34.6 Å². The lowest BCUT2D eigenvalue weighted by Crippen LogP contribution is -2.56. The number of alkyl halides is 3. The Bertz CT molecular complexity index is 1530. The second-order valence-electron chi connectivity index (χ2n) is 10.8. The zero-order valence-corrected chi connectivity index (χ0v) is 25.2. The molecule has 4 N–H and O–H groups in total. The number of ketones is 1. The second kappa shape index (κ2) is 15.7. The van der Waals surface area contributed by atoms with Gasteiger partial charge in [-0.1, -0.05) is 56.3 Å². The number of nitrogens with zero attached hydrogens (tertiary/aromatic N) is 4. The highest BCUT2D eigenvalue weighted by atomic mass is 19.4. The van der Waals surface area contributed by atoms with Gasteiger partial charge in [-0.05, 0) is 42.2 Å². The lowest BCUT2D eigenvalue weighted by Gasteiger charge is -2.25. The molecule has 0 aliphatic rings. The van der Waals surface area contributed by atoms with Gasteiger partial charge in [-0.15, -0.1) is 10.2 Å². The molecular formula is C30H34F3N7O6. The summed E-state index contributed by atoms with van der Waals surface area (Å²) in [4.78, 5) is 63.6. The summed E-state index contributed by atoms with van der Waals surface area (Å²) in [5.74, 6) is -4.48. The molecule has 0 aliphatic carbocycles. The zero-order chi connectivity index (χ0) is 34.0. The third kappa shape index (κ3) is 10.5. The van der Waals surface area contributed by atoms with Crippen molar-refractivity contribution in [1.29, 1.82) is 0 Å². The summed E-state index contributed by atoms with van der Waals surface area (Å²) < 4.78 is 38.5. The molecule has 0 saturated heterocycles. The fourth-order valence-electron chi connectivity index (χ4n) is 4.25. The van der Waals surface area contributed by atoms with Crippen molar-refractivity contribution in [2.45, 2.75) is 70.9 Å². The maximum atomic E-state index is 13.0. The van der Waals surface area contributed by atoms with Gasteiger partial charge in [0.25, 0.3) is 0 Å². The molecule has 3 amide bonds. The molecule has 13 nitrogen and oxygen atoms in total. The summed E-state index contributed by atoms with van der Waals surface area (Å²) in [6.45, 7) is 4.15. The number of aryl methyl sites for hydroxylation is 1. The number of benzene rings is 2. The first-order chi connectivity index (χ1) is 21.6. The van der Waals surface area contributed by atoms with Gasteiger partial charge in [0.1, 0.15) is 24.7 Å². The van der Waals surface area contributed by atoms with Gasteiger partial charge in [-0.3, -0.25) is 24.0 Å². The van der Waals surface area contributed by atoms with Crippen molar-refractivity contribution in [2.24, 2.45) is 5.92 Å². The Morgan fingerprint density at radius 2 is 1.54 bits per heavy atom. The van der Waals surface area contributed by atoms with Gasteiger partial charge in [0.15, 0.2) is 5.78 Å². The van der Waals surface area contributed by atoms with Crippen molar-refractivity contribution >= 4 is 29.5 Å². The molecular weight excluding hydrogens is 611 g/mol. The minimum absolute atomic E-state index is 0.0801. The number of carbonyl (C=O) groups excluding carboxylic acids is 4. The van der Waals surface area contributed by atoms with Gasteiger partial charge in [0, 0.05) is 12.0 Å². The SMILES string of the molecule is CC(C)[C@H](NC(=O)CCc1ccccc1)C(=O)N[C@@H](C)C(=O)NC(CC(=O)O)C(=O)Cn1nnc(-c2ccc(C(F)(F)F)cc2)n1. The molecule has 1 aromatic heterocycles. The predicted molar refractivity (Wildman–Crippen MR) is 157 cm³/mol. The van der Waals surface area contributed by atoms with Crippen LogP contribution in [0.1, 0.15) is 44.7 Å². The fourth-order valence-corrected chi connectivity index (χ4v) is 4.25. The largest absolute Gasteiger partial charge is 0.481 e. The number of carbonyl (C=O) groups is 5.